The van der Waals surface area contributed by atoms with Crippen LogP contribution in [0.15, 0.2) is 12.8 Å². The van der Waals surface area contributed by atoms with Crippen LogP contribution >= 0.6 is 0 Å². The van der Waals surface area contributed by atoms with Crippen LogP contribution in [0.3, 0.4) is 0 Å². The van der Waals surface area contributed by atoms with Gasteiger partial charge in [-0.25, -0.2) is 0 Å². The van der Waals surface area contributed by atoms with Crippen LogP contribution < -0.4 is 5.73 Å². The number of ether oxygens (including phenoxy) is 1. The zero-order valence-electron chi connectivity index (χ0n) is 4.24. The van der Waals surface area contributed by atoms with E-state index < -0.39 is 0 Å². The van der Waals surface area contributed by atoms with Gasteiger partial charge in [-0.3, -0.25) is 9.59 Å². The van der Waals surface area contributed by atoms with Gasteiger partial charge in [0.1, 0.15) is 0 Å². The second kappa shape index (κ2) is 17.3. The molecule has 0 aromatic rings. The molecule has 8 heavy (non-hydrogen) atoms. The lowest BCUT2D eigenvalue weighted by Gasteiger charge is -1.71. The highest BCUT2D eigenvalue weighted by Gasteiger charge is 1.52. The Hall–Kier alpha value is -1.32. The van der Waals surface area contributed by atoms with Gasteiger partial charge in [0.2, 0.25) is 6.41 Å². The highest BCUT2D eigenvalue weighted by molar-refractivity contribution is 5.42. The molecule has 0 atom stereocenters. The Kier molecular flexibility index (Phi) is 21.3. The van der Waals surface area contributed by atoms with Gasteiger partial charge < -0.3 is 10.5 Å². The largest absolute Gasteiger partial charge is 0.437 e. The summed E-state index contributed by atoms with van der Waals surface area (Å²) in [6, 6.07) is 0. The molecule has 2 N–H and O–H groups in total. The summed E-state index contributed by atoms with van der Waals surface area (Å²) >= 11 is 0. The number of amides is 1. The zero-order chi connectivity index (χ0) is 6.83. The summed E-state index contributed by atoms with van der Waals surface area (Å²) in [6.45, 7) is 3.41. The maximum absolute atomic E-state index is 9.11. The minimum absolute atomic E-state index is 0.250. The fourth-order valence-electron chi connectivity index (χ4n) is 0.0393. The van der Waals surface area contributed by atoms with Crippen molar-refractivity contribution in [1.82, 2.24) is 0 Å². The zero-order valence-corrected chi connectivity index (χ0v) is 4.24. The van der Waals surface area contributed by atoms with Crippen molar-refractivity contribution in [3.8, 4) is 0 Å². The second-order valence-electron chi connectivity index (χ2n) is 0.535. The van der Waals surface area contributed by atoms with Crippen molar-refractivity contribution in [2.45, 2.75) is 0 Å². The molecule has 0 rings (SSSR count). The van der Waals surface area contributed by atoms with E-state index in [4.69, 9.17) is 9.59 Å². The van der Waals surface area contributed by atoms with E-state index in [0.717, 1.165) is 6.26 Å². The van der Waals surface area contributed by atoms with Crippen molar-refractivity contribution in [1.29, 1.82) is 0 Å². The third kappa shape index (κ3) is 137. The molecule has 4 nitrogen and oxygen atoms in total. The van der Waals surface area contributed by atoms with Gasteiger partial charge in [0.15, 0.2) is 0 Å². The molecule has 0 aromatic heterocycles. The summed E-state index contributed by atoms with van der Waals surface area (Å²) in [5.41, 5.74) is 4.17. The van der Waals surface area contributed by atoms with Gasteiger partial charge in [-0.15, -0.1) is 0 Å². The van der Waals surface area contributed by atoms with E-state index in [-0.39, 0.29) is 6.41 Å². The number of hydrogen-bond acceptors (Lipinski definition) is 3. The average Bonchev–Trinajstić information content (AvgIpc) is 1.71. The van der Waals surface area contributed by atoms with Gasteiger partial charge >= 0.3 is 0 Å². The summed E-state index contributed by atoms with van der Waals surface area (Å²) < 4.78 is 3.92. The summed E-state index contributed by atoms with van der Waals surface area (Å²) in [7, 11) is 0. The Morgan fingerprint density at radius 2 is 1.88 bits per heavy atom. The molecule has 1 amide bonds. The number of carbonyl (C=O) groups excluding carboxylic acids is 2. The smallest absolute Gasteiger partial charge is 0.297 e. The molecule has 0 radical (unpaired) electrons. The Morgan fingerprint density at radius 1 is 1.50 bits per heavy atom. The molecule has 0 saturated heterocycles. The first kappa shape index (κ1) is 9.84. The minimum Gasteiger partial charge on any atom is -0.437 e. The van der Waals surface area contributed by atoms with Crippen LogP contribution in [-0.4, -0.2) is 12.9 Å². The average molecular weight is 117 g/mol. The van der Waals surface area contributed by atoms with E-state index in [1.165, 1.54) is 0 Å². The van der Waals surface area contributed by atoms with Crippen molar-refractivity contribution < 1.29 is 14.3 Å². The van der Waals surface area contributed by atoms with Crippen molar-refractivity contribution in [2.24, 2.45) is 5.73 Å². The maximum Gasteiger partial charge on any atom is 0.297 e. The highest BCUT2D eigenvalue weighted by Crippen LogP contribution is 1.55. The van der Waals surface area contributed by atoms with Gasteiger partial charge in [-0.05, 0) is 0 Å². The minimum atomic E-state index is 0.250. The standard InChI is InChI=1S/C3H4O2.CH3NO/c1-2-5-3-4;2-1-3/h2-3H,1H2;1H,(H2,2,3). The second-order valence-corrected chi connectivity index (χ2v) is 0.535. The van der Waals surface area contributed by atoms with E-state index in [1.807, 2.05) is 0 Å². The summed E-state index contributed by atoms with van der Waals surface area (Å²) in [4.78, 5) is 17.7. The molecule has 0 fully saturated rings. The predicted octanol–water partition coefficient (Wildman–Crippen LogP) is -0.596. The molecule has 0 unspecified atom stereocenters. The number of hydrogen-bond donors (Lipinski definition) is 1. The van der Waals surface area contributed by atoms with Gasteiger partial charge in [-0.1, -0.05) is 6.58 Å². The Labute approximate surface area is 46.9 Å². The molecule has 0 saturated carbocycles. The van der Waals surface area contributed by atoms with E-state index in [0.29, 0.717) is 6.47 Å². The molecular formula is C4H7NO3. The Balaban J connectivity index is 0. The van der Waals surface area contributed by atoms with Crippen LogP contribution in [0.4, 0.5) is 0 Å². The summed E-state index contributed by atoms with van der Waals surface area (Å²) in [5, 5.41) is 0. The van der Waals surface area contributed by atoms with Crippen LogP contribution in [-0.2, 0) is 14.3 Å². The molecule has 0 aliphatic heterocycles. The Morgan fingerprint density at radius 3 is 1.88 bits per heavy atom. The first-order valence-electron chi connectivity index (χ1n) is 1.68. The van der Waals surface area contributed by atoms with Crippen LogP contribution in [0, 0.1) is 0 Å². The Bertz CT molecular complexity index is 65.7. The number of carbonyl (C=O) groups is 2. The fourth-order valence-corrected chi connectivity index (χ4v) is 0.0393. The molecule has 0 bridgehead atoms. The van der Waals surface area contributed by atoms with E-state index in [2.05, 4.69) is 17.0 Å². The van der Waals surface area contributed by atoms with Gasteiger partial charge in [0, 0.05) is 0 Å². The van der Waals surface area contributed by atoms with Gasteiger partial charge in [-0.2, -0.15) is 0 Å². The first-order valence-corrected chi connectivity index (χ1v) is 1.68. The lowest BCUT2D eigenvalue weighted by molar-refractivity contribution is -0.123. The van der Waals surface area contributed by atoms with Gasteiger partial charge in [0.05, 0.1) is 6.26 Å². The number of nitrogens with two attached hydrogens (primary N) is 1. The third-order valence-corrected chi connectivity index (χ3v) is 0.152. The van der Waals surface area contributed by atoms with Crippen LogP contribution in [0.2, 0.25) is 0 Å². The van der Waals surface area contributed by atoms with Crippen molar-refractivity contribution in [3.05, 3.63) is 12.8 Å². The normalized spacial score (nSPS) is 5.00. The topological polar surface area (TPSA) is 69.4 Å². The monoisotopic (exact) mass is 117 g/mol. The molecule has 0 spiro atoms. The van der Waals surface area contributed by atoms with Crippen molar-refractivity contribution >= 4 is 12.9 Å². The first-order chi connectivity index (χ1) is 3.83. The molecule has 0 aliphatic carbocycles. The highest BCUT2D eigenvalue weighted by atomic mass is 16.5. The molecule has 46 valence electrons. The maximum atomic E-state index is 9.11. The molecule has 0 aromatic carbocycles. The lowest BCUT2D eigenvalue weighted by atomic mass is 11.1. The molecule has 0 aliphatic rings. The van der Waals surface area contributed by atoms with E-state index >= 15 is 0 Å². The molecule has 4 heteroatoms. The van der Waals surface area contributed by atoms with Crippen LogP contribution in [0.5, 0.6) is 0 Å². The molecular weight excluding hydrogens is 110 g/mol. The van der Waals surface area contributed by atoms with Gasteiger partial charge in [0.25, 0.3) is 6.47 Å². The summed E-state index contributed by atoms with van der Waals surface area (Å²) in [6.07, 6.45) is 1.31. The van der Waals surface area contributed by atoms with Crippen LogP contribution in [0.25, 0.3) is 0 Å². The SMILES string of the molecule is C=COC=O.NC=O. The summed E-state index contributed by atoms with van der Waals surface area (Å²) in [5.74, 6) is 0. The fraction of sp³-hybridized carbons (Fsp3) is 0. The molecule has 0 heterocycles. The third-order valence-electron chi connectivity index (χ3n) is 0.152. The predicted molar refractivity (Wildman–Crippen MR) is 27.6 cm³/mol. The van der Waals surface area contributed by atoms with E-state index in [1.54, 1.807) is 0 Å². The van der Waals surface area contributed by atoms with Crippen LogP contribution in [0.1, 0.15) is 0 Å². The quantitative estimate of drug-likeness (QED) is 0.388. The van der Waals surface area contributed by atoms with Crippen molar-refractivity contribution in [3.63, 3.8) is 0 Å². The number of rotatable bonds is 2. The van der Waals surface area contributed by atoms with Crippen molar-refractivity contribution in [2.75, 3.05) is 0 Å². The number of primary amides is 1. The van der Waals surface area contributed by atoms with E-state index in [9.17, 15) is 0 Å². The lowest BCUT2D eigenvalue weighted by Crippen LogP contribution is -1.82.